The minimum Gasteiger partial charge on any atom is -0.385 e. The quantitative estimate of drug-likeness (QED) is 0.721. The molecule has 2 rings (SSSR count). The van der Waals surface area contributed by atoms with Gasteiger partial charge in [-0.2, -0.15) is 0 Å². The highest BCUT2D eigenvalue weighted by atomic mass is 16.5. The number of urea groups is 1. The van der Waals surface area contributed by atoms with Gasteiger partial charge in [0.25, 0.3) is 0 Å². The molecule has 0 saturated carbocycles. The molecule has 0 spiro atoms. The van der Waals surface area contributed by atoms with Gasteiger partial charge in [0.15, 0.2) is 0 Å². The number of benzene rings is 2. The Morgan fingerprint density at radius 1 is 1.12 bits per heavy atom. The summed E-state index contributed by atoms with van der Waals surface area (Å²) in [7, 11) is 3.46. The first kappa shape index (κ1) is 18.9. The van der Waals surface area contributed by atoms with Crippen LogP contribution < -0.4 is 10.6 Å². The first-order chi connectivity index (χ1) is 12.1. The zero-order valence-corrected chi connectivity index (χ0v) is 14.7. The molecule has 6 heteroatoms. The Balaban J connectivity index is 1.77. The molecular weight excluding hydrogens is 318 g/mol. The molecule has 2 aromatic carbocycles. The molecule has 0 bridgehead atoms. The van der Waals surface area contributed by atoms with Gasteiger partial charge in [-0.3, -0.25) is 15.0 Å². The number of ether oxygens (including phenoxy) is 1. The largest absolute Gasteiger partial charge is 0.385 e. The number of nitrogens with zero attached hydrogens (tertiary/aromatic N) is 1. The second-order valence-electron chi connectivity index (χ2n) is 6.00. The molecule has 0 atom stereocenters. The average molecular weight is 343 g/mol. The van der Waals surface area contributed by atoms with Crippen LogP contribution >= 0.6 is 0 Å². The number of likely N-dealkylation sites (N-methyl/N-ethyl adjacent to an activating group) is 1. The van der Waals surface area contributed by atoms with Gasteiger partial charge >= 0.3 is 6.03 Å². The van der Waals surface area contributed by atoms with Crippen LogP contribution in [-0.4, -0.2) is 50.7 Å². The topological polar surface area (TPSA) is 70.7 Å². The van der Waals surface area contributed by atoms with E-state index in [0.717, 1.165) is 5.56 Å². The SMILES string of the molecule is COCCCNC(=O)NC(=O)CN(C)Cc1ccc2ccccc2c1. The number of rotatable bonds is 8. The fraction of sp³-hybridized carbons (Fsp3) is 0.368. The van der Waals surface area contributed by atoms with E-state index in [1.807, 2.05) is 24.1 Å². The molecule has 2 N–H and O–H groups in total. The lowest BCUT2D eigenvalue weighted by Crippen LogP contribution is -2.44. The maximum Gasteiger partial charge on any atom is 0.321 e. The number of nitrogens with one attached hydrogen (secondary N) is 2. The predicted molar refractivity (Wildman–Crippen MR) is 98.3 cm³/mol. The minimum atomic E-state index is -0.472. The Morgan fingerprint density at radius 2 is 1.88 bits per heavy atom. The van der Waals surface area contributed by atoms with Crippen molar-refractivity contribution in [3.63, 3.8) is 0 Å². The van der Waals surface area contributed by atoms with Crippen molar-refractivity contribution in [3.8, 4) is 0 Å². The van der Waals surface area contributed by atoms with E-state index < -0.39 is 6.03 Å². The van der Waals surface area contributed by atoms with Crippen molar-refractivity contribution in [3.05, 3.63) is 48.0 Å². The smallest absolute Gasteiger partial charge is 0.321 e. The number of carbonyl (C=O) groups is 2. The van der Waals surface area contributed by atoms with Gasteiger partial charge in [0.05, 0.1) is 6.54 Å². The fourth-order valence-electron chi connectivity index (χ4n) is 2.58. The lowest BCUT2D eigenvalue weighted by molar-refractivity contribution is -0.120. The van der Waals surface area contributed by atoms with Gasteiger partial charge in [0.1, 0.15) is 0 Å². The van der Waals surface area contributed by atoms with E-state index in [2.05, 4.69) is 41.0 Å². The molecular formula is C19H25N3O3. The van der Waals surface area contributed by atoms with Crippen LogP contribution in [-0.2, 0) is 16.1 Å². The first-order valence-electron chi connectivity index (χ1n) is 8.31. The second kappa shape index (κ2) is 9.76. The third-order valence-electron chi connectivity index (χ3n) is 3.74. The van der Waals surface area contributed by atoms with Crippen molar-refractivity contribution in [2.75, 3.05) is 33.9 Å². The van der Waals surface area contributed by atoms with Crippen molar-refractivity contribution in [2.24, 2.45) is 0 Å². The summed E-state index contributed by atoms with van der Waals surface area (Å²) in [6, 6.07) is 13.9. The molecule has 0 aliphatic heterocycles. The number of methoxy groups -OCH3 is 1. The van der Waals surface area contributed by atoms with Crippen LogP contribution in [0.1, 0.15) is 12.0 Å². The van der Waals surface area contributed by atoms with Gasteiger partial charge in [-0.05, 0) is 35.9 Å². The Hall–Kier alpha value is -2.44. The summed E-state index contributed by atoms with van der Waals surface area (Å²) in [6.45, 7) is 1.83. The lowest BCUT2D eigenvalue weighted by atomic mass is 10.1. The molecule has 0 aromatic heterocycles. The first-order valence-corrected chi connectivity index (χ1v) is 8.31. The van der Waals surface area contributed by atoms with E-state index in [1.54, 1.807) is 7.11 Å². The Labute approximate surface area is 148 Å². The highest BCUT2D eigenvalue weighted by molar-refractivity contribution is 5.95. The zero-order valence-electron chi connectivity index (χ0n) is 14.7. The van der Waals surface area contributed by atoms with E-state index in [1.165, 1.54) is 10.8 Å². The van der Waals surface area contributed by atoms with E-state index in [9.17, 15) is 9.59 Å². The summed E-state index contributed by atoms with van der Waals surface area (Å²) in [6.07, 6.45) is 0.708. The lowest BCUT2D eigenvalue weighted by Gasteiger charge is -2.16. The van der Waals surface area contributed by atoms with E-state index in [0.29, 0.717) is 26.1 Å². The van der Waals surface area contributed by atoms with E-state index in [-0.39, 0.29) is 12.5 Å². The molecule has 0 saturated heterocycles. The van der Waals surface area contributed by atoms with Gasteiger partial charge in [0.2, 0.25) is 5.91 Å². The third kappa shape index (κ3) is 6.52. The molecule has 0 aliphatic rings. The van der Waals surface area contributed by atoms with Gasteiger partial charge < -0.3 is 10.1 Å². The van der Waals surface area contributed by atoms with Crippen molar-refractivity contribution in [1.29, 1.82) is 0 Å². The Bertz CT molecular complexity index is 718. The molecule has 134 valence electrons. The number of imide groups is 1. The van der Waals surface area contributed by atoms with Crippen LogP contribution in [0.15, 0.2) is 42.5 Å². The van der Waals surface area contributed by atoms with Crippen LogP contribution in [0.4, 0.5) is 4.79 Å². The number of fused-ring (bicyclic) bond motifs is 1. The second-order valence-corrected chi connectivity index (χ2v) is 6.00. The normalized spacial score (nSPS) is 10.8. The molecule has 0 heterocycles. The standard InChI is InChI=1S/C19H25N3O3/c1-22(14-18(23)21-19(24)20-10-5-11-25-2)13-15-8-9-16-6-3-4-7-17(16)12-15/h3-4,6-9,12H,5,10-11,13-14H2,1-2H3,(H2,20,21,23,24). The summed E-state index contributed by atoms with van der Waals surface area (Å²) in [5.74, 6) is -0.326. The Kier molecular flexibility index (Phi) is 7.37. The van der Waals surface area contributed by atoms with Gasteiger partial charge in [-0.25, -0.2) is 4.79 Å². The van der Waals surface area contributed by atoms with Crippen molar-refractivity contribution in [1.82, 2.24) is 15.5 Å². The van der Waals surface area contributed by atoms with Gasteiger partial charge in [-0.1, -0.05) is 36.4 Å². The van der Waals surface area contributed by atoms with Crippen molar-refractivity contribution >= 4 is 22.7 Å². The maximum absolute atomic E-state index is 11.9. The number of amides is 3. The zero-order chi connectivity index (χ0) is 18.1. The van der Waals surface area contributed by atoms with Crippen LogP contribution in [0, 0.1) is 0 Å². The molecule has 6 nitrogen and oxygen atoms in total. The summed E-state index contributed by atoms with van der Waals surface area (Å²) in [5.41, 5.74) is 1.12. The van der Waals surface area contributed by atoms with Crippen molar-refractivity contribution in [2.45, 2.75) is 13.0 Å². The molecule has 25 heavy (non-hydrogen) atoms. The molecule has 0 fully saturated rings. The summed E-state index contributed by atoms with van der Waals surface area (Å²) < 4.78 is 4.90. The van der Waals surface area contributed by atoms with E-state index >= 15 is 0 Å². The summed E-state index contributed by atoms with van der Waals surface area (Å²) >= 11 is 0. The van der Waals surface area contributed by atoms with Crippen LogP contribution in [0.3, 0.4) is 0 Å². The highest BCUT2D eigenvalue weighted by Gasteiger charge is 2.10. The Morgan fingerprint density at radius 3 is 2.64 bits per heavy atom. The van der Waals surface area contributed by atoms with Crippen LogP contribution in [0.5, 0.6) is 0 Å². The van der Waals surface area contributed by atoms with Gasteiger partial charge in [0, 0.05) is 26.8 Å². The summed E-state index contributed by atoms with van der Waals surface area (Å²) in [4.78, 5) is 25.4. The van der Waals surface area contributed by atoms with Gasteiger partial charge in [-0.15, -0.1) is 0 Å². The number of hydrogen-bond acceptors (Lipinski definition) is 4. The number of hydrogen-bond donors (Lipinski definition) is 2. The number of carbonyl (C=O) groups excluding carboxylic acids is 2. The molecule has 3 amide bonds. The summed E-state index contributed by atoms with van der Waals surface area (Å²) in [5, 5.41) is 7.32. The van der Waals surface area contributed by atoms with E-state index in [4.69, 9.17) is 4.74 Å². The van der Waals surface area contributed by atoms with Crippen molar-refractivity contribution < 1.29 is 14.3 Å². The maximum atomic E-state index is 11.9. The molecule has 2 aromatic rings. The monoisotopic (exact) mass is 343 g/mol. The average Bonchev–Trinajstić information content (AvgIpc) is 2.58. The van der Waals surface area contributed by atoms with Crippen LogP contribution in [0.25, 0.3) is 10.8 Å². The molecule has 0 radical (unpaired) electrons. The predicted octanol–water partition coefficient (Wildman–Crippen LogP) is 2.13. The minimum absolute atomic E-state index is 0.151. The fourth-order valence-corrected chi connectivity index (χ4v) is 2.58. The highest BCUT2D eigenvalue weighted by Crippen LogP contribution is 2.16. The molecule has 0 aliphatic carbocycles. The molecule has 0 unspecified atom stereocenters. The third-order valence-corrected chi connectivity index (χ3v) is 3.74. The van der Waals surface area contributed by atoms with Crippen LogP contribution in [0.2, 0.25) is 0 Å².